The number of carbonyl (C=O) groups is 1. The van der Waals surface area contributed by atoms with Crippen LogP contribution in [0.3, 0.4) is 0 Å². The van der Waals surface area contributed by atoms with E-state index in [1.807, 2.05) is 18.2 Å². The normalized spacial score (nSPS) is 30.3. The summed E-state index contributed by atoms with van der Waals surface area (Å²) in [7, 11) is 0. The molecule has 0 N–H and O–H groups in total. The second-order valence-corrected chi connectivity index (χ2v) is 19.2. The van der Waals surface area contributed by atoms with Crippen LogP contribution in [0.2, 0.25) is 0 Å². The summed E-state index contributed by atoms with van der Waals surface area (Å²) >= 11 is 0. The highest BCUT2D eigenvalue weighted by atomic mass is 16.6. The Labute approximate surface area is 333 Å². The Hall–Kier alpha value is -3.74. The van der Waals surface area contributed by atoms with Crippen LogP contribution < -0.4 is 19.6 Å². The van der Waals surface area contributed by atoms with Gasteiger partial charge in [0.25, 0.3) is 0 Å². The van der Waals surface area contributed by atoms with E-state index in [0.29, 0.717) is 63.7 Å². The van der Waals surface area contributed by atoms with E-state index >= 15 is 0 Å². The molecule has 0 saturated heterocycles. The van der Waals surface area contributed by atoms with Crippen LogP contribution in [0.25, 0.3) is 22.1 Å². The van der Waals surface area contributed by atoms with E-state index in [2.05, 4.69) is 40.7 Å². The average Bonchev–Trinajstić information content (AvgIpc) is 3.41. The van der Waals surface area contributed by atoms with E-state index in [4.69, 9.17) is 23.4 Å². The van der Waals surface area contributed by atoms with E-state index in [-0.39, 0.29) is 29.5 Å². The maximum Gasteiger partial charge on any atom is 0.344 e. The number of hydrogen-bond acceptors (Lipinski definition) is 7. The van der Waals surface area contributed by atoms with Crippen molar-refractivity contribution in [1.29, 1.82) is 0 Å². The van der Waals surface area contributed by atoms with Crippen molar-refractivity contribution >= 4 is 16.9 Å². The summed E-state index contributed by atoms with van der Waals surface area (Å²) in [5.74, 6) is 6.79. The Morgan fingerprint density at radius 3 is 2.57 bits per heavy atom. The van der Waals surface area contributed by atoms with Crippen LogP contribution in [0.1, 0.15) is 124 Å². The van der Waals surface area contributed by atoms with Crippen molar-refractivity contribution in [3.8, 4) is 28.4 Å². The van der Waals surface area contributed by atoms with E-state index < -0.39 is 0 Å². The molecule has 7 heteroatoms. The smallest absolute Gasteiger partial charge is 0.344 e. The molecule has 0 bridgehead atoms. The zero-order valence-electron chi connectivity index (χ0n) is 34.8. The Kier molecular flexibility index (Phi) is 11.1. The van der Waals surface area contributed by atoms with Gasteiger partial charge in [0.05, 0.1) is 24.2 Å². The zero-order chi connectivity index (χ0) is 39.2. The minimum atomic E-state index is -0.362. The molecule has 3 fully saturated rings. The Bertz CT molecular complexity index is 2010. The number of benzene rings is 2. The Morgan fingerprint density at radius 2 is 1.75 bits per heavy atom. The SMILES string of the molecule is Cc1oc2cc(OCC(=O)O[C@H]3CC[C@]4(C)C(=CC[C@H]5[C@H]6CC[C@@H]([C@@H](C)CCCC(C)C)C[C@]6(C)CC[C@@H]54)C3)ccc2c(=O)c1-c1ccc2c(c1)OCCCO2. The Balaban J connectivity index is 0.867. The standard InChI is InChI=1S/C49H64O7/c1-30(2)9-7-10-31(3)34-11-17-40-38-15-13-35-26-37(19-22-49(35,6)41(38)20-21-48(40,5)28-34)56-45(50)29-54-36-14-16-39-43(27-36)55-32(4)46(47(39)51)33-12-18-42-44(25-33)53-24-8-23-52-42/h12-14,16,18,25,27,30-31,34,37-38,40-41H,7-11,15,17,19-24,26,28-29H2,1-6H3/t31-,34+,37-,38-,40+,41-,48-,49+/m0/s1. The summed E-state index contributed by atoms with van der Waals surface area (Å²) in [6.45, 7) is 15.2. The van der Waals surface area contributed by atoms with Crippen molar-refractivity contribution in [3.05, 3.63) is 64.0 Å². The van der Waals surface area contributed by atoms with Gasteiger partial charge in [-0.15, -0.1) is 0 Å². The van der Waals surface area contributed by atoms with Crippen LogP contribution in [0.4, 0.5) is 0 Å². The van der Waals surface area contributed by atoms with Gasteiger partial charge in [-0.3, -0.25) is 4.79 Å². The molecule has 2 aromatic carbocycles. The second-order valence-electron chi connectivity index (χ2n) is 19.2. The molecule has 7 nitrogen and oxygen atoms in total. The number of allylic oxidation sites excluding steroid dienone is 1. The first kappa shape index (κ1) is 39.1. The quantitative estimate of drug-likeness (QED) is 0.150. The lowest BCUT2D eigenvalue weighted by Gasteiger charge is -2.61. The van der Waals surface area contributed by atoms with E-state index in [9.17, 15) is 9.59 Å². The monoisotopic (exact) mass is 764 g/mol. The molecule has 302 valence electrons. The second kappa shape index (κ2) is 15.9. The number of ether oxygens (including phenoxy) is 4. The highest BCUT2D eigenvalue weighted by Gasteiger charge is 2.56. The molecule has 0 spiro atoms. The molecule has 2 heterocycles. The predicted molar refractivity (Wildman–Crippen MR) is 221 cm³/mol. The lowest BCUT2D eigenvalue weighted by atomic mass is 9.44. The first-order valence-corrected chi connectivity index (χ1v) is 21.9. The molecule has 4 aliphatic carbocycles. The number of hydrogen-bond donors (Lipinski definition) is 0. The highest BCUT2D eigenvalue weighted by molar-refractivity contribution is 5.84. The van der Waals surface area contributed by atoms with Gasteiger partial charge in [0.2, 0.25) is 5.43 Å². The van der Waals surface area contributed by atoms with Crippen LogP contribution in [-0.2, 0) is 9.53 Å². The number of esters is 1. The van der Waals surface area contributed by atoms with Crippen LogP contribution in [0.5, 0.6) is 17.2 Å². The third-order valence-corrected chi connectivity index (χ3v) is 15.1. The summed E-state index contributed by atoms with van der Waals surface area (Å²) in [6.07, 6.45) is 18.3. The first-order valence-electron chi connectivity index (χ1n) is 21.9. The van der Waals surface area contributed by atoms with E-state index in [1.165, 1.54) is 63.4 Å². The van der Waals surface area contributed by atoms with Gasteiger partial charge in [0, 0.05) is 18.9 Å². The molecule has 1 aliphatic heterocycles. The van der Waals surface area contributed by atoms with E-state index in [0.717, 1.165) is 61.2 Å². The van der Waals surface area contributed by atoms with Crippen LogP contribution in [0, 0.1) is 53.3 Å². The molecule has 8 rings (SSSR count). The van der Waals surface area contributed by atoms with Gasteiger partial charge in [0.15, 0.2) is 18.1 Å². The molecule has 8 atom stereocenters. The summed E-state index contributed by atoms with van der Waals surface area (Å²) in [5.41, 5.74) is 3.69. The van der Waals surface area contributed by atoms with Gasteiger partial charge >= 0.3 is 5.97 Å². The predicted octanol–water partition coefficient (Wildman–Crippen LogP) is 11.7. The van der Waals surface area contributed by atoms with Crippen molar-refractivity contribution < 1.29 is 28.2 Å². The molecule has 1 aromatic heterocycles. The number of rotatable bonds is 10. The number of fused-ring (bicyclic) bond motifs is 7. The molecular weight excluding hydrogens is 701 g/mol. The van der Waals surface area contributed by atoms with Gasteiger partial charge in [-0.25, -0.2) is 4.79 Å². The molecule has 0 unspecified atom stereocenters. The van der Waals surface area contributed by atoms with Crippen molar-refractivity contribution in [2.45, 2.75) is 131 Å². The summed E-state index contributed by atoms with van der Waals surface area (Å²) in [6, 6.07) is 10.6. The van der Waals surface area contributed by atoms with Crippen LogP contribution in [0.15, 0.2) is 57.3 Å². The minimum Gasteiger partial charge on any atom is -0.490 e. The number of aryl methyl sites for hydroxylation is 1. The molecule has 5 aliphatic rings. The van der Waals surface area contributed by atoms with Crippen molar-refractivity contribution in [2.24, 2.45) is 46.3 Å². The van der Waals surface area contributed by atoms with Crippen molar-refractivity contribution in [2.75, 3.05) is 19.8 Å². The zero-order valence-corrected chi connectivity index (χ0v) is 34.8. The maximum absolute atomic E-state index is 13.7. The largest absolute Gasteiger partial charge is 0.490 e. The highest BCUT2D eigenvalue weighted by Crippen LogP contribution is 2.65. The fraction of sp³-hybridized carbons (Fsp3) is 0.633. The Morgan fingerprint density at radius 1 is 0.929 bits per heavy atom. The van der Waals surface area contributed by atoms with Crippen molar-refractivity contribution in [3.63, 3.8) is 0 Å². The van der Waals surface area contributed by atoms with Crippen molar-refractivity contribution in [1.82, 2.24) is 0 Å². The van der Waals surface area contributed by atoms with E-state index in [1.54, 1.807) is 25.1 Å². The van der Waals surface area contributed by atoms with Gasteiger partial charge in [0.1, 0.15) is 23.2 Å². The van der Waals surface area contributed by atoms with Crippen LogP contribution in [-0.4, -0.2) is 31.9 Å². The van der Waals surface area contributed by atoms with Gasteiger partial charge in [-0.2, -0.15) is 0 Å². The summed E-state index contributed by atoms with van der Waals surface area (Å²) in [4.78, 5) is 26.8. The third kappa shape index (κ3) is 7.65. The molecule has 3 saturated carbocycles. The van der Waals surface area contributed by atoms with Gasteiger partial charge in [-0.1, -0.05) is 71.6 Å². The average molecular weight is 765 g/mol. The van der Waals surface area contributed by atoms with Gasteiger partial charge in [-0.05, 0) is 134 Å². The van der Waals surface area contributed by atoms with Crippen LogP contribution >= 0.6 is 0 Å². The molecule has 3 aromatic rings. The molecule has 0 amide bonds. The molecule has 0 radical (unpaired) electrons. The number of carbonyl (C=O) groups excluding carboxylic acids is 1. The fourth-order valence-electron chi connectivity index (χ4n) is 12.0. The lowest BCUT2D eigenvalue weighted by molar-refractivity contribution is -0.154. The lowest BCUT2D eigenvalue weighted by Crippen LogP contribution is -2.52. The minimum absolute atomic E-state index is 0.121. The molecule has 56 heavy (non-hydrogen) atoms. The topological polar surface area (TPSA) is 84.2 Å². The summed E-state index contributed by atoms with van der Waals surface area (Å²) in [5, 5.41) is 0.443. The first-order chi connectivity index (χ1) is 26.9. The molecular formula is C49H64O7. The summed E-state index contributed by atoms with van der Waals surface area (Å²) < 4.78 is 29.8. The maximum atomic E-state index is 13.7. The fourth-order valence-corrected chi connectivity index (χ4v) is 12.0. The van der Waals surface area contributed by atoms with Gasteiger partial charge < -0.3 is 23.4 Å². The third-order valence-electron chi connectivity index (χ3n) is 15.1.